The summed E-state index contributed by atoms with van der Waals surface area (Å²) < 4.78 is 0. The van der Waals surface area contributed by atoms with Crippen molar-refractivity contribution in [3.05, 3.63) is 35.4 Å². The van der Waals surface area contributed by atoms with E-state index in [2.05, 4.69) is 0 Å². The van der Waals surface area contributed by atoms with Gasteiger partial charge in [0.1, 0.15) is 11.9 Å². The Hall–Kier alpha value is -1.10. The molecule has 4 nitrogen and oxygen atoms in total. The lowest BCUT2D eigenvalue weighted by Gasteiger charge is -2.15. The van der Waals surface area contributed by atoms with E-state index in [4.69, 9.17) is 22.7 Å². The first-order valence-corrected chi connectivity index (χ1v) is 4.96. The summed E-state index contributed by atoms with van der Waals surface area (Å²) in [6.45, 7) is 0. The lowest BCUT2D eigenvalue weighted by atomic mass is 10.0. The second-order valence-corrected chi connectivity index (χ2v) is 3.51. The Morgan fingerprint density at radius 1 is 1.33 bits per heavy atom. The highest BCUT2D eigenvalue weighted by Crippen LogP contribution is 2.18. The van der Waals surface area contributed by atoms with Crippen LogP contribution in [0, 0.1) is 5.41 Å². The van der Waals surface area contributed by atoms with Gasteiger partial charge in [0.15, 0.2) is 0 Å². The number of nitrogens with two attached hydrogens (primary N) is 1. The van der Waals surface area contributed by atoms with Crippen LogP contribution in [0.25, 0.3) is 0 Å². The molecule has 0 aliphatic heterocycles. The number of halogens is 1. The van der Waals surface area contributed by atoms with Crippen molar-refractivity contribution in [2.75, 3.05) is 5.88 Å². The second kappa shape index (κ2) is 5.11. The number of aliphatic hydroxyl groups is 2. The Kier molecular flexibility index (Phi) is 4.08. The molecule has 1 aromatic rings. The molecule has 2 unspecified atom stereocenters. The van der Waals surface area contributed by atoms with Crippen LogP contribution in [0.2, 0.25) is 0 Å². The van der Waals surface area contributed by atoms with Gasteiger partial charge in [0.2, 0.25) is 0 Å². The highest BCUT2D eigenvalue weighted by atomic mass is 35.5. The van der Waals surface area contributed by atoms with Crippen molar-refractivity contribution in [2.24, 2.45) is 5.73 Å². The average Bonchev–Trinajstić information content (AvgIpc) is 2.27. The van der Waals surface area contributed by atoms with Crippen molar-refractivity contribution in [1.29, 1.82) is 5.41 Å². The van der Waals surface area contributed by atoms with Crippen LogP contribution in [0.1, 0.15) is 17.2 Å². The van der Waals surface area contributed by atoms with E-state index >= 15 is 0 Å². The van der Waals surface area contributed by atoms with Gasteiger partial charge in [0.25, 0.3) is 0 Å². The first-order valence-electron chi connectivity index (χ1n) is 4.42. The number of amidine groups is 1. The number of nitrogen functional groups attached to an aromatic ring is 1. The zero-order chi connectivity index (χ0) is 11.4. The first kappa shape index (κ1) is 12.0. The summed E-state index contributed by atoms with van der Waals surface area (Å²) >= 11 is 5.41. The van der Waals surface area contributed by atoms with Gasteiger partial charge in [-0.25, -0.2) is 0 Å². The van der Waals surface area contributed by atoms with Gasteiger partial charge in [-0.3, -0.25) is 5.41 Å². The summed E-state index contributed by atoms with van der Waals surface area (Å²) in [4.78, 5) is 0. The Labute approximate surface area is 92.8 Å². The summed E-state index contributed by atoms with van der Waals surface area (Å²) in [7, 11) is 0. The van der Waals surface area contributed by atoms with Crippen LogP contribution in [0.5, 0.6) is 0 Å². The highest BCUT2D eigenvalue weighted by molar-refractivity contribution is 6.18. The molecule has 2 atom stereocenters. The normalized spacial score (nSPS) is 14.6. The molecule has 82 valence electrons. The standard InChI is InChI=1S/C10H13ClN2O2/c11-5-8(14)9(15)6-1-3-7(4-2-6)10(12)13/h1-4,8-9,14-15H,5H2,(H3,12,13). The molecule has 0 aliphatic rings. The molecule has 0 fully saturated rings. The largest absolute Gasteiger partial charge is 0.389 e. The van der Waals surface area contributed by atoms with Gasteiger partial charge in [-0.15, -0.1) is 11.6 Å². The lowest BCUT2D eigenvalue weighted by molar-refractivity contribution is 0.0327. The minimum atomic E-state index is -1.01. The molecule has 0 heterocycles. The number of aliphatic hydroxyl groups excluding tert-OH is 2. The molecular formula is C10H13ClN2O2. The van der Waals surface area contributed by atoms with Crippen molar-refractivity contribution >= 4 is 17.4 Å². The topological polar surface area (TPSA) is 90.3 Å². The van der Waals surface area contributed by atoms with E-state index in [1.54, 1.807) is 24.3 Å². The molecule has 1 aromatic carbocycles. The van der Waals surface area contributed by atoms with Crippen molar-refractivity contribution in [3.8, 4) is 0 Å². The van der Waals surface area contributed by atoms with Gasteiger partial charge in [0, 0.05) is 5.56 Å². The summed E-state index contributed by atoms with van der Waals surface area (Å²) in [6, 6.07) is 6.44. The van der Waals surface area contributed by atoms with Crippen LogP contribution in [0.15, 0.2) is 24.3 Å². The Bertz CT molecular complexity index is 340. The minimum absolute atomic E-state index is 0.0321. The van der Waals surface area contributed by atoms with E-state index in [1.807, 2.05) is 0 Å². The van der Waals surface area contributed by atoms with E-state index < -0.39 is 12.2 Å². The van der Waals surface area contributed by atoms with Crippen LogP contribution in [-0.2, 0) is 0 Å². The van der Waals surface area contributed by atoms with Gasteiger partial charge in [0.05, 0.1) is 12.0 Å². The van der Waals surface area contributed by atoms with Gasteiger partial charge in [-0.05, 0) is 5.56 Å². The van der Waals surface area contributed by atoms with E-state index in [-0.39, 0.29) is 11.7 Å². The van der Waals surface area contributed by atoms with Crippen LogP contribution >= 0.6 is 11.6 Å². The van der Waals surface area contributed by atoms with Gasteiger partial charge < -0.3 is 15.9 Å². The predicted octanol–water partition coefficient (Wildman–Crippen LogP) is 0.604. The number of hydrogen-bond donors (Lipinski definition) is 4. The lowest BCUT2D eigenvalue weighted by Crippen LogP contribution is -2.20. The van der Waals surface area contributed by atoms with Crippen LogP contribution in [-0.4, -0.2) is 28.0 Å². The molecule has 5 heteroatoms. The zero-order valence-corrected chi connectivity index (χ0v) is 8.78. The minimum Gasteiger partial charge on any atom is -0.389 e. The number of nitrogens with one attached hydrogen (secondary N) is 1. The predicted molar refractivity (Wildman–Crippen MR) is 59.1 cm³/mol. The average molecular weight is 229 g/mol. The quantitative estimate of drug-likeness (QED) is 0.346. The molecule has 0 aliphatic carbocycles. The third-order valence-electron chi connectivity index (χ3n) is 2.09. The third-order valence-corrected chi connectivity index (χ3v) is 2.40. The van der Waals surface area contributed by atoms with Gasteiger partial charge >= 0.3 is 0 Å². The number of rotatable bonds is 4. The van der Waals surface area contributed by atoms with E-state index in [9.17, 15) is 10.2 Å². The number of alkyl halides is 1. The molecule has 0 aromatic heterocycles. The maximum absolute atomic E-state index is 9.60. The molecule has 0 radical (unpaired) electrons. The van der Waals surface area contributed by atoms with Gasteiger partial charge in [-0.1, -0.05) is 24.3 Å². The maximum Gasteiger partial charge on any atom is 0.122 e. The SMILES string of the molecule is N=C(N)c1ccc(C(O)C(O)CCl)cc1. The fourth-order valence-corrected chi connectivity index (χ4v) is 1.34. The molecular weight excluding hydrogens is 216 g/mol. The van der Waals surface area contributed by atoms with Crippen molar-refractivity contribution < 1.29 is 10.2 Å². The van der Waals surface area contributed by atoms with Crippen molar-refractivity contribution in [3.63, 3.8) is 0 Å². The molecule has 0 amide bonds. The second-order valence-electron chi connectivity index (χ2n) is 3.20. The summed E-state index contributed by atoms with van der Waals surface area (Å²) in [5.74, 6) is -0.0655. The van der Waals surface area contributed by atoms with Gasteiger partial charge in [-0.2, -0.15) is 0 Å². The highest BCUT2D eigenvalue weighted by Gasteiger charge is 2.16. The Balaban J connectivity index is 2.84. The van der Waals surface area contributed by atoms with Crippen molar-refractivity contribution in [1.82, 2.24) is 0 Å². The third kappa shape index (κ3) is 2.92. The molecule has 15 heavy (non-hydrogen) atoms. The number of hydrogen-bond acceptors (Lipinski definition) is 3. The van der Waals surface area contributed by atoms with E-state index in [0.29, 0.717) is 11.1 Å². The van der Waals surface area contributed by atoms with Crippen LogP contribution in [0.3, 0.4) is 0 Å². The summed E-state index contributed by atoms with van der Waals surface area (Å²) in [6.07, 6.45) is -2.00. The van der Waals surface area contributed by atoms with E-state index in [1.165, 1.54) is 0 Å². The maximum atomic E-state index is 9.60. The van der Waals surface area contributed by atoms with Crippen LogP contribution in [0.4, 0.5) is 0 Å². The Morgan fingerprint density at radius 2 is 1.87 bits per heavy atom. The zero-order valence-electron chi connectivity index (χ0n) is 8.02. The fourth-order valence-electron chi connectivity index (χ4n) is 1.17. The first-order chi connectivity index (χ1) is 7.06. The monoisotopic (exact) mass is 228 g/mol. The summed E-state index contributed by atoms with van der Waals surface area (Å²) in [5.41, 5.74) is 6.40. The molecule has 0 saturated heterocycles. The summed E-state index contributed by atoms with van der Waals surface area (Å²) in [5, 5.41) is 26.1. The fraction of sp³-hybridized carbons (Fsp3) is 0.300. The molecule has 1 rings (SSSR count). The molecule has 0 spiro atoms. The number of benzene rings is 1. The van der Waals surface area contributed by atoms with E-state index in [0.717, 1.165) is 0 Å². The Morgan fingerprint density at radius 3 is 2.27 bits per heavy atom. The molecule has 5 N–H and O–H groups in total. The van der Waals surface area contributed by atoms with Crippen molar-refractivity contribution in [2.45, 2.75) is 12.2 Å². The van der Waals surface area contributed by atoms with Crippen LogP contribution < -0.4 is 5.73 Å². The molecule has 0 saturated carbocycles. The smallest absolute Gasteiger partial charge is 0.122 e. The molecule has 0 bridgehead atoms.